The number of carbonyl (C=O) groups excluding carboxylic acids is 1. The molecule has 0 saturated carbocycles. The van der Waals surface area contributed by atoms with Crippen LogP contribution >= 0.6 is 0 Å². The third-order valence-electron chi connectivity index (χ3n) is 6.03. The molecule has 1 aromatic carbocycles. The molecule has 6 heteroatoms. The molecule has 2 aliphatic heterocycles. The molecule has 1 aromatic heterocycles. The van der Waals surface area contributed by atoms with E-state index in [1.807, 2.05) is 30.0 Å². The predicted octanol–water partition coefficient (Wildman–Crippen LogP) is 3.12. The van der Waals surface area contributed by atoms with Crippen molar-refractivity contribution in [3.8, 4) is 0 Å². The number of ether oxygens (including phenoxy) is 1. The van der Waals surface area contributed by atoms with Crippen LogP contribution in [-0.4, -0.2) is 47.3 Å². The lowest BCUT2D eigenvalue weighted by Gasteiger charge is -2.36. The van der Waals surface area contributed by atoms with Crippen molar-refractivity contribution in [3.63, 3.8) is 0 Å². The maximum Gasteiger partial charge on any atom is 0.232 e. The number of carbonyl (C=O) groups is 1. The first-order valence-electron chi connectivity index (χ1n) is 9.86. The molecule has 3 heterocycles. The van der Waals surface area contributed by atoms with E-state index in [1.54, 1.807) is 0 Å². The lowest BCUT2D eigenvalue weighted by molar-refractivity contribution is -0.131. The lowest BCUT2D eigenvalue weighted by Crippen LogP contribution is -2.37. The highest BCUT2D eigenvalue weighted by atomic mass is 16.5. The smallest absolute Gasteiger partial charge is 0.232 e. The Balaban J connectivity index is 1.41. The average Bonchev–Trinajstić information content (AvgIpc) is 3.27. The molecule has 0 aliphatic carbocycles. The molecule has 0 radical (unpaired) electrons. The first-order valence-corrected chi connectivity index (χ1v) is 9.86. The maximum absolute atomic E-state index is 12.9. The van der Waals surface area contributed by atoms with Crippen molar-refractivity contribution in [2.75, 3.05) is 26.3 Å². The predicted molar refractivity (Wildman–Crippen MR) is 100 cm³/mol. The molecule has 2 fully saturated rings. The number of aromatic nitrogens is 2. The van der Waals surface area contributed by atoms with E-state index >= 15 is 0 Å². The standard InChI is InChI=1S/C21H27N3O3/c1-16-22-20(27-23-16)18-14-24(15-21(18)10-12-26-13-11-21)19(25)9-5-8-17-6-3-2-4-7-17/h2-4,6-7,18H,5,8-15H2,1H3/t18-/m1/s1. The van der Waals surface area contributed by atoms with E-state index in [2.05, 4.69) is 22.3 Å². The molecule has 1 amide bonds. The highest BCUT2D eigenvalue weighted by Gasteiger charge is 2.51. The number of hydrogen-bond acceptors (Lipinski definition) is 5. The van der Waals surface area contributed by atoms with Crippen LogP contribution in [0.3, 0.4) is 0 Å². The molecular weight excluding hydrogens is 342 g/mol. The van der Waals surface area contributed by atoms with Crippen molar-refractivity contribution < 1.29 is 14.1 Å². The van der Waals surface area contributed by atoms with Crippen LogP contribution in [0.2, 0.25) is 0 Å². The van der Waals surface area contributed by atoms with Crippen LogP contribution in [0.5, 0.6) is 0 Å². The molecule has 0 unspecified atom stereocenters. The third kappa shape index (κ3) is 3.90. The second kappa shape index (κ2) is 7.80. The van der Waals surface area contributed by atoms with Crippen LogP contribution in [0.4, 0.5) is 0 Å². The van der Waals surface area contributed by atoms with Crippen LogP contribution in [0.25, 0.3) is 0 Å². The van der Waals surface area contributed by atoms with Gasteiger partial charge in [-0.2, -0.15) is 4.98 Å². The Kier molecular flexibility index (Phi) is 5.25. The van der Waals surface area contributed by atoms with Crippen LogP contribution in [0, 0.1) is 12.3 Å². The molecule has 1 spiro atoms. The van der Waals surface area contributed by atoms with Gasteiger partial charge in [0.1, 0.15) is 0 Å². The summed E-state index contributed by atoms with van der Waals surface area (Å²) in [6.07, 6.45) is 4.27. The van der Waals surface area contributed by atoms with Gasteiger partial charge in [-0.25, -0.2) is 0 Å². The highest BCUT2D eigenvalue weighted by molar-refractivity contribution is 5.76. The van der Waals surface area contributed by atoms with Gasteiger partial charge in [0.15, 0.2) is 5.82 Å². The molecule has 27 heavy (non-hydrogen) atoms. The van der Waals surface area contributed by atoms with Gasteiger partial charge >= 0.3 is 0 Å². The van der Waals surface area contributed by atoms with E-state index in [1.165, 1.54) is 5.56 Å². The molecule has 0 N–H and O–H groups in total. The quantitative estimate of drug-likeness (QED) is 0.810. The molecule has 2 aliphatic rings. The van der Waals surface area contributed by atoms with Crippen molar-refractivity contribution in [1.82, 2.24) is 15.0 Å². The largest absolute Gasteiger partial charge is 0.381 e. The molecular formula is C21H27N3O3. The van der Waals surface area contributed by atoms with Crippen LogP contribution in [-0.2, 0) is 16.0 Å². The van der Waals surface area contributed by atoms with Gasteiger partial charge in [-0.05, 0) is 38.2 Å². The van der Waals surface area contributed by atoms with Crippen LogP contribution < -0.4 is 0 Å². The lowest BCUT2D eigenvalue weighted by atomic mass is 9.72. The van der Waals surface area contributed by atoms with Crippen molar-refractivity contribution >= 4 is 5.91 Å². The normalized spacial score (nSPS) is 21.7. The second-order valence-corrected chi connectivity index (χ2v) is 7.82. The zero-order chi connectivity index (χ0) is 18.7. The summed E-state index contributed by atoms with van der Waals surface area (Å²) < 4.78 is 11.1. The summed E-state index contributed by atoms with van der Waals surface area (Å²) in [5.74, 6) is 1.67. The Morgan fingerprint density at radius 1 is 1.26 bits per heavy atom. The number of nitrogens with zero attached hydrogens (tertiary/aromatic N) is 3. The zero-order valence-corrected chi connectivity index (χ0v) is 15.9. The van der Waals surface area contributed by atoms with E-state index < -0.39 is 0 Å². The van der Waals surface area contributed by atoms with Gasteiger partial charge in [-0.15, -0.1) is 0 Å². The summed E-state index contributed by atoms with van der Waals surface area (Å²) in [5.41, 5.74) is 1.29. The Morgan fingerprint density at radius 2 is 2.04 bits per heavy atom. The average molecular weight is 369 g/mol. The summed E-state index contributed by atoms with van der Waals surface area (Å²) in [6, 6.07) is 10.3. The fourth-order valence-corrected chi connectivity index (χ4v) is 4.48. The number of rotatable bonds is 5. The van der Waals surface area contributed by atoms with E-state index in [0.29, 0.717) is 24.7 Å². The second-order valence-electron chi connectivity index (χ2n) is 7.82. The minimum atomic E-state index is 0.00626. The summed E-state index contributed by atoms with van der Waals surface area (Å²) in [4.78, 5) is 19.4. The monoisotopic (exact) mass is 369 g/mol. The van der Waals surface area contributed by atoms with Gasteiger partial charge in [0.25, 0.3) is 0 Å². The minimum Gasteiger partial charge on any atom is -0.381 e. The first kappa shape index (κ1) is 18.2. The Bertz CT molecular complexity index is 768. The topological polar surface area (TPSA) is 68.5 Å². The molecule has 6 nitrogen and oxygen atoms in total. The van der Waals surface area contributed by atoms with Gasteiger partial charge in [-0.1, -0.05) is 35.5 Å². The van der Waals surface area contributed by atoms with Crippen molar-refractivity contribution in [2.45, 2.75) is 44.9 Å². The number of benzene rings is 1. The number of aryl methyl sites for hydroxylation is 2. The summed E-state index contributed by atoms with van der Waals surface area (Å²) in [7, 11) is 0. The van der Waals surface area contributed by atoms with Gasteiger partial charge in [0, 0.05) is 38.1 Å². The fraction of sp³-hybridized carbons (Fsp3) is 0.571. The Labute approximate surface area is 159 Å². The van der Waals surface area contributed by atoms with E-state index in [0.717, 1.165) is 45.4 Å². The van der Waals surface area contributed by atoms with E-state index in [9.17, 15) is 4.79 Å². The highest BCUT2D eigenvalue weighted by Crippen LogP contribution is 2.49. The van der Waals surface area contributed by atoms with Crippen molar-refractivity contribution in [3.05, 3.63) is 47.6 Å². The third-order valence-corrected chi connectivity index (χ3v) is 6.03. The number of hydrogen-bond donors (Lipinski definition) is 0. The Morgan fingerprint density at radius 3 is 2.74 bits per heavy atom. The molecule has 144 valence electrons. The Hall–Kier alpha value is -2.21. The van der Waals surface area contributed by atoms with Gasteiger partial charge < -0.3 is 14.2 Å². The summed E-state index contributed by atoms with van der Waals surface area (Å²) in [5, 5.41) is 3.97. The number of amides is 1. The van der Waals surface area contributed by atoms with Crippen molar-refractivity contribution in [2.24, 2.45) is 5.41 Å². The van der Waals surface area contributed by atoms with Gasteiger partial charge in [0.05, 0.1) is 5.92 Å². The SMILES string of the molecule is Cc1noc([C@H]2CN(C(=O)CCCc3ccccc3)CC23CCOCC3)n1. The molecule has 1 atom stereocenters. The molecule has 4 rings (SSSR count). The van der Waals surface area contributed by atoms with Crippen LogP contribution in [0.15, 0.2) is 34.9 Å². The maximum atomic E-state index is 12.9. The molecule has 0 bridgehead atoms. The summed E-state index contributed by atoms with van der Waals surface area (Å²) >= 11 is 0. The molecule has 2 saturated heterocycles. The van der Waals surface area contributed by atoms with Crippen molar-refractivity contribution in [1.29, 1.82) is 0 Å². The van der Waals surface area contributed by atoms with Gasteiger partial charge in [-0.3, -0.25) is 4.79 Å². The van der Waals surface area contributed by atoms with Gasteiger partial charge in [0.2, 0.25) is 11.8 Å². The minimum absolute atomic E-state index is 0.00626. The molecule has 2 aromatic rings. The zero-order valence-electron chi connectivity index (χ0n) is 15.9. The summed E-state index contributed by atoms with van der Waals surface area (Å²) in [6.45, 7) is 4.75. The van der Waals surface area contributed by atoms with E-state index in [-0.39, 0.29) is 17.2 Å². The van der Waals surface area contributed by atoms with E-state index in [4.69, 9.17) is 9.26 Å². The number of likely N-dealkylation sites (tertiary alicyclic amines) is 1. The van der Waals surface area contributed by atoms with Crippen LogP contribution in [0.1, 0.15) is 48.9 Å². The fourth-order valence-electron chi connectivity index (χ4n) is 4.48. The first-order chi connectivity index (χ1) is 13.2.